The lowest BCUT2D eigenvalue weighted by Crippen LogP contribution is -2.34. The van der Waals surface area contributed by atoms with E-state index >= 15 is 0 Å². The number of carboxylic acids is 1. The normalized spacial score (nSPS) is 22.6. The Kier molecular flexibility index (Phi) is 4.52. The van der Waals surface area contributed by atoms with Crippen molar-refractivity contribution in [3.05, 3.63) is 64.1 Å². The molecule has 0 bridgehead atoms. The van der Waals surface area contributed by atoms with Crippen LogP contribution >= 0.6 is 0 Å². The Bertz CT molecular complexity index is 943. The molecule has 1 aromatic carbocycles. The highest BCUT2D eigenvalue weighted by molar-refractivity contribution is 5.84. The number of rotatable bonds is 3. The van der Waals surface area contributed by atoms with Gasteiger partial charge in [0.2, 0.25) is 0 Å². The third-order valence-corrected chi connectivity index (χ3v) is 6.80. The summed E-state index contributed by atoms with van der Waals surface area (Å²) in [4.78, 5) is 10.8. The average Bonchev–Trinajstić information content (AvgIpc) is 3.07. The molecule has 0 saturated carbocycles. The van der Waals surface area contributed by atoms with E-state index in [0.717, 1.165) is 31.1 Å². The molecule has 3 heteroatoms. The van der Waals surface area contributed by atoms with Crippen molar-refractivity contribution in [1.29, 1.82) is 0 Å². The molecule has 1 aromatic heterocycles. The molecule has 2 aliphatic rings. The second-order valence-electron chi connectivity index (χ2n) is 9.72. The maximum absolute atomic E-state index is 10.8. The Labute approximate surface area is 167 Å². The Hall–Kier alpha value is -2.29. The maximum Gasteiger partial charge on any atom is 0.328 e. The molecule has 0 fully saturated rings. The molecule has 0 spiro atoms. The number of hydrogen-bond donors (Lipinski definition) is 1. The van der Waals surface area contributed by atoms with Crippen molar-refractivity contribution in [2.45, 2.75) is 76.5 Å². The second kappa shape index (κ2) is 6.65. The van der Waals surface area contributed by atoms with E-state index in [2.05, 4.69) is 45.9 Å². The summed E-state index contributed by atoms with van der Waals surface area (Å²) in [5.74, 6) is 1.02. The van der Waals surface area contributed by atoms with Crippen LogP contribution in [0.2, 0.25) is 0 Å². The monoisotopic (exact) mass is 378 g/mol. The largest absolute Gasteiger partial charge is 0.478 e. The van der Waals surface area contributed by atoms with Gasteiger partial charge in [0.1, 0.15) is 11.5 Å². The van der Waals surface area contributed by atoms with Crippen molar-refractivity contribution in [2.24, 2.45) is 0 Å². The Balaban J connectivity index is 1.75. The van der Waals surface area contributed by atoms with Gasteiger partial charge >= 0.3 is 5.97 Å². The predicted octanol–water partition coefficient (Wildman–Crippen LogP) is 6.19. The van der Waals surface area contributed by atoms with Gasteiger partial charge < -0.3 is 9.52 Å². The van der Waals surface area contributed by atoms with E-state index in [1.807, 2.05) is 6.07 Å². The lowest BCUT2D eigenvalue weighted by Gasteiger charge is -2.42. The van der Waals surface area contributed by atoms with Crippen LogP contribution < -0.4 is 0 Å². The molecular weight excluding hydrogens is 348 g/mol. The van der Waals surface area contributed by atoms with Crippen molar-refractivity contribution in [3.8, 4) is 0 Å². The quantitative estimate of drug-likeness (QED) is 0.647. The smallest absolute Gasteiger partial charge is 0.328 e. The number of hydrogen-bond acceptors (Lipinski definition) is 2. The molecule has 1 N–H and O–H groups in total. The number of furan rings is 1. The molecule has 2 aromatic rings. The van der Waals surface area contributed by atoms with Crippen LogP contribution in [0, 0.1) is 0 Å². The van der Waals surface area contributed by atoms with Gasteiger partial charge in [-0.15, -0.1) is 0 Å². The number of benzene rings is 1. The number of fused-ring (bicyclic) bond motifs is 2. The molecule has 0 unspecified atom stereocenters. The average molecular weight is 379 g/mol. The fraction of sp³-hybridized carbons (Fsp3) is 0.480. The zero-order valence-electron chi connectivity index (χ0n) is 17.3. The summed E-state index contributed by atoms with van der Waals surface area (Å²) >= 11 is 0. The summed E-state index contributed by atoms with van der Waals surface area (Å²) in [5, 5.41) is 8.88. The minimum Gasteiger partial charge on any atom is -0.478 e. The van der Waals surface area contributed by atoms with E-state index in [1.165, 1.54) is 35.1 Å². The molecule has 1 atom stereocenters. The lowest BCUT2D eigenvalue weighted by molar-refractivity contribution is -0.131. The van der Waals surface area contributed by atoms with Crippen LogP contribution in [-0.4, -0.2) is 11.1 Å². The van der Waals surface area contributed by atoms with Crippen LogP contribution in [0.3, 0.4) is 0 Å². The van der Waals surface area contributed by atoms with Gasteiger partial charge in [0.05, 0.1) is 0 Å². The fourth-order valence-electron chi connectivity index (χ4n) is 4.98. The first-order valence-corrected chi connectivity index (χ1v) is 10.4. The minimum atomic E-state index is -0.953. The zero-order valence-corrected chi connectivity index (χ0v) is 17.3. The van der Waals surface area contributed by atoms with E-state index in [1.54, 1.807) is 6.08 Å². The van der Waals surface area contributed by atoms with Gasteiger partial charge in [0, 0.05) is 24.0 Å². The van der Waals surface area contributed by atoms with Crippen molar-refractivity contribution >= 4 is 12.0 Å². The van der Waals surface area contributed by atoms with Crippen LogP contribution in [0.1, 0.15) is 93.1 Å². The number of carboxylic acid groups (broad SMARTS) is 1. The SMILES string of the molecule is CC1(C)CCC(C)(C)c2cc([C@@H]3CCCc4oc(/C=C/C(=O)O)cc43)ccc21. The van der Waals surface area contributed by atoms with Crippen molar-refractivity contribution in [2.75, 3.05) is 0 Å². The molecule has 1 heterocycles. The standard InChI is InChI=1S/C25H30O3/c1-24(2)12-13-25(3,4)21-14-16(8-10-20(21)24)18-6-5-7-22-19(18)15-17(28-22)9-11-23(26)27/h8-11,14-15,18H,5-7,12-13H2,1-4H3,(H,26,27)/b11-9+/t18-/m0/s1. The van der Waals surface area contributed by atoms with Crippen molar-refractivity contribution < 1.29 is 14.3 Å². The summed E-state index contributed by atoms with van der Waals surface area (Å²) in [5.41, 5.74) is 5.99. The summed E-state index contributed by atoms with van der Waals surface area (Å²) in [6.07, 6.45) is 8.26. The molecule has 148 valence electrons. The van der Waals surface area contributed by atoms with E-state index in [0.29, 0.717) is 11.7 Å². The summed E-state index contributed by atoms with van der Waals surface area (Å²) < 4.78 is 5.94. The van der Waals surface area contributed by atoms with E-state index in [9.17, 15) is 4.79 Å². The van der Waals surface area contributed by atoms with Gasteiger partial charge in [-0.2, -0.15) is 0 Å². The summed E-state index contributed by atoms with van der Waals surface area (Å²) in [7, 11) is 0. The third-order valence-electron chi connectivity index (χ3n) is 6.80. The first-order valence-electron chi connectivity index (χ1n) is 10.4. The molecule has 0 aliphatic heterocycles. The molecule has 2 aliphatic carbocycles. The van der Waals surface area contributed by atoms with Crippen LogP contribution in [0.15, 0.2) is 34.8 Å². The fourth-order valence-corrected chi connectivity index (χ4v) is 4.98. The molecular formula is C25H30O3. The minimum absolute atomic E-state index is 0.199. The Morgan fingerprint density at radius 3 is 2.54 bits per heavy atom. The maximum atomic E-state index is 10.8. The van der Waals surface area contributed by atoms with Crippen molar-refractivity contribution in [3.63, 3.8) is 0 Å². The number of aryl methyl sites for hydroxylation is 1. The van der Waals surface area contributed by atoms with E-state index in [-0.39, 0.29) is 10.8 Å². The van der Waals surface area contributed by atoms with Gasteiger partial charge in [0.25, 0.3) is 0 Å². The van der Waals surface area contributed by atoms with E-state index < -0.39 is 5.97 Å². The highest BCUT2D eigenvalue weighted by Crippen LogP contribution is 2.48. The number of carbonyl (C=O) groups is 1. The second-order valence-corrected chi connectivity index (χ2v) is 9.72. The van der Waals surface area contributed by atoms with Crippen LogP contribution in [0.4, 0.5) is 0 Å². The highest BCUT2D eigenvalue weighted by Gasteiger charge is 2.37. The Morgan fingerprint density at radius 2 is 1.82 bits per heavy atom. The Morgan fingerprint density at radius 1 is 1.11 bits per heavy atom. The van der Waals surface area contributed by atoms with Crippen LogP contribution in [0.25, 0.3) is 6.08 Å². The van der Waals surface area contributed by atoms with Crippen molar-refractivity contribution in [1.82, 2.24) is 0 Å². The molecule has 4 rings (SSSR count). The van der Waals surface area contributed by atoms with Gasteiger partial charge in [-0.05, 0) is 65.3 Å². The van der Waals surface area contributed by atoms with Gasteiger partial charge in [-0.1, -0.05) is 45.9 Å². The first-order chi connectivity index (χ1) is 13.2. The first kappa shape index (κ1) is 19.0. The van der Waals surface area contributed by atoms with Crippen LogP contribution in [-0.2, 0) is 22.0 Å². The van der Waals surface area contributed by atoms with Gasteiger partial charge in [-0.25, -0.2) is 4.79 Å². The van der Waals surface area contributed by atoms with Gasteiger partial charge in [0.15, 0.2) is 0 Å². The highest BCUT2D eigenvalue weighted by atomic mass is 16.4. The summed E-state index contributed by atoms with van der Waals surface area (Å²) in [6, 6.07) is 9.13. The van der Waals surface area contributed by atoms with Crippen LogP contribution in [0.5, 0.6) is 0 Å². The lowest BCUT2D eigenvalue weighted by atomic mass is 9.62. The zero-order chi connectivity index (χ0) is 20.1. The molecule has 0 saturated heterocycles. The third kappa shape index (κ3) is 3.32. The molecule has 28 heavy (non-hydrogen) atoms. The van der Waals surface area contributed by atoms with E-state index in [4.69, 9.17) is 9.52 Å². The van der Waals surface area contributed by atoms with Gasteiger partial charge in [-0.3, -0.25) is 0 Å². The number of aliphatic carboxylic acids is 1. The topological polar surface area (TPSA) is 50.4 Å². The summed E-state index contributed by atoms with van der Waals surface area (Å²) in [6.45, 7) is 9.45. The molecule has 0 amide bonds. The molecule has 0 radical (unpaired) electrons. The molecule has 3 nitrogen and oxygen atoms in total. The predicted molar refractivity (Wildman–Crippen MR) is 112 cm³/mol.